The minimum atomic E-state index is -1.44. The Bertz CT molecular complexity index is 2060. The van der Waals surface area contributed by atoms with E-state index < -0.39 is 8.80 Å². The SMILES string of the molecule is COc1ccc(-c2ccc(C3C=CC=CC4=C3C=C(C)C4[SiH](C)C3C(C)=CC4=C3C=CC=CC4c3ccc(-c4ccc(OC)cc4)cc3)cc2)cc1. The van der Waals surface area contributed by atoms with E-state index in [9.17, 15) is 0 Å². The maximum absolute atomic E-state index is 5.37. The predicted molar refractivity (Wildman–Crippen MR) is 221 cm³/mol. The van der Waals surface area contributed by atoms with Crippen molar-refractivity contribution in [1.82, 2.24) is 0 Å². The minimum absolute atomic E-state index is 0.235. The third-order valence-electron chi connectivity index (χ3n) is 11.6. The molecule has 4 unspecified atom stereocenters. The van der Waals surface area contributed by atoms with Crippen LogP contribution in [0.3, 0.4) is 0 Å². The maximum Gasteiger partial charge on any atom is 0.118 e. The average molecular weight is 695 g/mol. The Morgan fingerprint density at radius 1 is 0.442 bits per heavy atom. The molecule has 0 saturated heterocycles. The highest BCUT2D eigenvalue weighted by molar-refractivity contribution is 6.64. The highest BCUT2D eigenvalue weighted by atomic mass is 28.3. The Kier molecular flexibility index (Phi) is 9.30. The first-order chi connectivity index (χ1) is 25.4. The fraction of sp³-hybridized carbons (Fsp3) is 0.184. The first-order valence-electron chi connectivity index (χ1n) is 18.5. The van der Waals surface area contributed by atoms with Gasteiger partial charge in [-0.2, -0.15) is 0 Å². The summed E-state index contributed by atoms with van der Waals surface area (Å²) in [5, 5.41) is 0. The summed E-state index contributed by atoms with van der Waals surface area (Å²) in [5.74, 6) is 2.23. The molecule has 0 bridgehead atoms. The van der Waals surface area contributed by atoms with Gasteiger partial charge in [0.1, 0.15) is 11.5 Å². The van der Waals surface area contributed by atoms with E-state index in [1.807, 2.05) is 24.3 Å². The smallest absolute Gasteiger partial charge is 0.118 e. The van der Waals surface area contributed by atoms with E-state index in [0.717, 1.165) is 11.5 Å². The minimum Gasteiger partial charge on any atom is -0.497 e. The van der Waals surface area contributed by atoms with E-state index in [1.165, 1.54) is 66.8 Å². The van der Waals surface area contributed by atoms with E-state index >= 15 is 0 Å². The molecule has 4 aromatic rings. The number of ether oxygens (including phenoxy) is 2. The summed E-state index contributed by atoms with van der Waals surface area (Å²) in [5.41, 5.74) is 17.5. The van der Waals surface area contributed by atoms with Crippen molar-refractivity contribution in [1.29, 1.82) is 0 Å². The molecule has 4 aromatic carbocycles. The van der Waals surface area contributed by atoms with E-state index in [1.54, 1.807) is 14.2 Å². The lowest BCUT2D eigenvalue weighted by molar-refractivity contribution is 0.415. The molecule has 4 atom stereocenters. The van der Waals surface area contributed by atoms with Crippen molar-refractivity contribution >= 4 is 8.80 Å². The van der Waals surface area contributed by atoms with Crippen molar-refractivity contribution in [3.63, 3.8) is 0 Å². The molecule has 258 valence electrons. The van der Waals surface area contributed by atoms with Gasteiger partial charge in [0.05, 0.1) is 23.0 Å². The van der Waals surface area contributed by atoms with Gasteiger partial charge in [0.2, 0.25) is 0 Å². The number of hydrogen-bond donors (Lipinski definition) is 0. The van der Waals surface area contributed by atoms with Crippen LogP contribution in [0.2, 0.25) is 17.6 Å². The monoisotopic (exact) mass is 694 g/mol. The Labute approximate surface area is 310 Å². The first kappa shape index (κ1) is 33.7. The summed E-state index contributed by atoms with van der Waals surface area (Å²) in [6, 6.07) is 35.0. The van der Waals surface area contributed by atoms with Crippen LogP contribution in [0.1, 0.15) is 36.8 Å². The van der Waals surface area contributed by atoms with Gasteiger partial charge in [-0.25, -0.2) is 0 Å². The van der Waals surface area contributed by atoms with E-state index in [4.69, 9.17) is 9.47 Å². The van der Waals surface area contributed by atoms with Crippen LogP contribution in [0.5, 0.6) is 11.5 Å². The molecule has 2 nitrogen and oxygen atoms in total. The molecular formula is C49H46O2Si. The third-order valence-corrected chi connectivity index (χ3v) is 15.4. The quantitative estimate of drug-likeness (QED) is 0.171. The van der Waals surface area contributed by atoms with Crippen molar-refractivity contribution in [2.45, 2.75) is 43.3 Å². The number of hydrogen-bond acceptors (Lipinski definition) is 2. The van der Waals surface area contributed by atoms with Crippen LogP contribution in [0.4, 0.5) is 0 Å². The van der Waals surface area contributed by atoms with Crippen LogP contribution < -0.4 is 9.47 Å². The summed E-state index contributed by atoms with van der Waals surface area (Å²) < 4.78 is 10.7. The van der Waals surface area contributed by atoms with Crippen molar-refractivity contribution < 1.29 is 9.47 Å². The summed E-state index contributed by atoms with van der Waals surface area (Å²) in [7, 11) is 1.98. The Morgan fingerprint density at radius 3 is 1.13 bits per heavy atom. The molecule has 0 aromatic heterocycles. The van der Waals surface area contributed by atoms with Crippen molar-refractivity contribution in [3.8, 4) is 33.8 Å². The van der Waals surface area contributed by atoms with Crippen LogP contribution in [-0.2, 0) is 0 Å². The van der Waals surface area contributed by atoms with Gasteiger partial charge < -0.3 is 9.47 Å². The zero-order chi connectivity index (χ0) is 35.8. The summed E-state index contributed by atoms with van der Waals surface area (Å²) in [6.45, 7) is 7.38. The molecular weight excluding hydrogens is 649 g/mol. The van der Waals surface area contributed by atoms with Crippen molar-refractivity contribution in [2.24, 2.45) is 0 Å². The van der Waals surface area contributed by atoms with E-state index in [-0.39, 0.29) is 11.8 Å². The van der Waals surface area contributed by atoms with Crippen LogP contribution in [0.25, 0.3) is 22.3 Å². The average Bonchev–Trinajstić information content (AvgIpc) is 3.50. The molecule has 0 amide bonds. The second-order valence-corrected chi connectivity index (χ2v) is 17.6. The molecule has 52 heavy (non-hydrogen) atoms. The number of allylic oxidation sites excluding steroid dienone is 16. The molecule has 0 aliphatic heterocycles. The second kappa shape index (κ2) is 14.3. The summed E-state index contributed by atoms with van der Waals surface area (Å²) in [6.07, 6.45) is 23.7. The molecule has 8 rings (SSSR count). The molecule has 0 spiro atoms. The standard InChI is InChI=1S/C49H46O2Si/c1-32-30-46-42(38-18-14-34(15-19-38)36-22-26-40(50-3)27-23-36)10-6-8-12-44(46)48(32)52(5)49-33(2)31-47-43(11-7-9-13-45(47)49)39-20-16-35(17-21-39)37-24-28-41(51-4)29-25-37/h6-31,42-43,48-49,52H,1-5H3. The molecule has 3 heteroatoms. The summed E-state index contributed by atoms with van der Waals surface area (Å²) in [4.78, 5) is 0. The molecule has 0 saturated carbocycles. The van der Waals surface area contributed by atoms with Crippen LogP contribution in [0.15, 0.2) is 191 Å². The molecule has 4 aliphatic carbocycles. The highest BCUT2D eigenvalue weighted by Crippen LogP contribution is 2.54. The Hall–Kier alpha value is -5.38. The third kappa shape index (κ3) is 6.24. The van der Waals surface area contributed by atoms with E-state index in [2.05, 4.69) is 154 Å². The van der Waals surface area contributed by atoms with Gasteiger partial charge in [-0.1, -0.05) is 151 Å². The number of benzene rings is 4. The molecule has 0 fully saturated rings. The van der Waals surface area contributed by atoms with Gasteiger partial charge >= 0.3 is 0 Å². The Morgan fingerprint density at radius 2 is 0.788 bits per heavy atom. The van der Waals surface area contributed by atoms with Gasteiger partial charge in [0, 0.05) is 11.8 Å². The first-order valence-corrected chi connectivity index (χ1v) is 21.0. The van der Waals surface area contributed by atoms with Crippen molar-refractivity contribution in [2.75, 3.05) is 14.2 Å². The lowest BCUT2D eigenvalue weighted by atomic mass is 9.88. The van der Waals surface area contributed by atoms with Crippen LogP contribution >= 0.6 is 0 Å². The van der Waals surface area contributed by atoms with Gasteiger partial charge in [-0.3, -0.25) is 0 Å². The lowest BCUT2D eigenvalue weighted by Gasteiger charge is -2.30. The van der Waals surface area contributed by atoms with Crippen molar-refractivity contribution in [3.05, 3.63) is 202 Å². The highest BCUT2D eigenvalue weighted by Gasteiger charge is 2.40. The van der Waals surface area contributed by atoms with Crippen LogP contribution in [0, 0.1) is 0 Å². The topological polar surface area (TPSA) is 18.5 Å². The van der Waals surface area contributed by atoms with Crippen LogP contribution in [-0.4, -0.2) is 23.0 Å². The molecule has 0 radical (unpaired) electrons. The number of rotatable bonds is 8. The number of methoxy groups -OCH3 is 2. The van der Waals surface area contributed by atoms with Gasteiger partial charge in [-0.05, 0) is 105 Å². The normalized spacial score (nSPS) is 22.4. The Balaban J connectivity index is 1.07. The maximum atomic E-state index is 5.37. The van der Waals surface area contributed by atoms with Gasteiger partial charge in [0.25, 0.3) is 0 Å². The molecule has 4 aliphatic rings. The molecule has 0 N–H and O–H groups in total. The zero-order valence-corrected chi connectivity index (χ0v) is 31.9. The fourth-order valence-electron chi connectivity index (χ4n) is 9.00. The molecule has 0 heterocycles. The van der Waals surface area contributed by atoms with Gasteiger partial charge in [0.15, 0.2) is 0 Å². The predicted octanol–water partition coefficient (Wildman–Crippen LogP) is 12.3. The summed E-state index contributed by atoms with van der Waals surface area (Å²) >= 11 is 0. The van der Waals surface area contributed by atoms with E-state index in [0.29, 0.717) is 11.1 Å². The van der Waals surface area contributed by atoms with Gasteiger partial charge in [-0.15, -0.1) is 0 Å². The lowest BCUT2D eigenvalue weighted by Crippen LogP contribution is -2.25. The largest absolute Gasteiger partial charge is 0.497 e. The zero-order valence-electron chi connectivity index (χ0n) is 30.7. The second-order valence-electron chi connectivity index (χ2n) is 14.6. The fourth-order valence-corrected chi connectivity index (χ4v) is 13.0.